The Morgan fingerprint density at radius 3 is 2.43 bits per heavy atom. The summed E-state index contributed by atoms with van der Waals surface area (Å²) in [4.78, 5) is 39.2. The Balaban J connectivity index is 2.98. The topological polar surface area (TPSA) is 124 Å². The van der Waals surface area contributed by atoms with Crippen LogP contribution in [-0.2, 0) is 14.2 Å². The molecule has 0 aromatic carbocycles. The van der Waals surface area contributed by atoms with Crippen LogP contribution < -0.4 is 5.32 Å². The van der Waals surface area contributed by atoms with Crippen LogP contribution >= 0.6 is 7.60 Å². The van der Waals surface area contributed by atoms with Gasteiger partial charge in [0.25, 0.3) is 0 Å². The maximum absolute atomic E-state index is 11.1. The summed E-state index contributed by atoms with van der Waals surface area (Å²) in [5.41, 5.74) is 0. The summed E-state index contributed by atoms with van der Waals surface area (Å²) in [6.45, 7) is 0. The molecule has 1 aliphatic rings. The molecular formula is C6H10NO6P. The molecule has 1 atom stereocenters. The number of carboxylic acids is 1. The smallest absolute Gasteiger partial charge is 0.351 e. The fraction of sp³-hybridized carbons (Fsp3) is 0.667. The number of amides is 1. The van der Waals surface area contributed by atoms with E-state index in [1.165, 1.54) is 0 Å². The molecule has 0 radical (unpaired) electrons. The third kappa shape index (κ3) is 1.95. The zero-order valence-electron chi connectivity index (χ0n) is 7.13. The van der Waals surface area contributed by atoms with E-state index in [9.17, 15) is 14.2 Å². The van der Waals surface area contributed by atoms with Gasteiger partial charge in [0, 0.05) is 6.42 Å². The highest BCUT2D eigenvalue weighted by Gasteiger charge is 2.52. The molecule has 0 saturated carbocycles. The van der Waals surface area contributed by atoms with Gasteiger partial charge in [-0.25, -0.2) is 0 Å². The van der Waals surface area contributed by atoms with Crippen molar-refractivity contribution in [3.05, 3.63) is 0 Å². The molecule has 1 fully saturated rings. The zero-order chi connectivity index (χ0) is 11.0. The van der Waals surface area contributed by atoms with E-state index in [4.69, 9.17) is 14.9 Å². The number of carbonyl (C=O) groups is 2. The molecule has 0 spiro atoms. The molecule has 0 bridgehead atoms. The average Bonchev–Trinajstić information content (AvgIpc) is 2.29. The fourth-order valence-electron chi connectivity index (χ4n) is 1.41. The van der Waals surface area contributed by atoms with E-state index in [0.717, 1.165) is 0 Å². The van der Waals surface area contributed by atoms with Gasteiger partial charge in [0.05, 0.1) is 6.42 Å². The first kappa shape index (κ1) is 11.2. The van der Waals surface area contributed by atoms with Gasteiger partial charge in [-0.05, 0) is 6.42 Å². The summed E-state index contributed by atoms with van der Waals surface area (Å²) >= 11 is 0. The van der Waals surface area contributed by atoms with Crippen LogP contribution in [0.2, 0.25) is 0 Å². The van der Waals surface area contributed by atoms with Crippen molar-refractivity contribution < 1.29 is 29.0 Å². The molecule has 1 amide bonds. The first-order valence-corrected chi connectivity index (χ1v) is 5.46. The minimum Gasteiger partial charge on any atom is -0.481 e. The minimum atomic E-state index is -4.65. The minimum absolute atomic E-state index is 0.0572. The van der Waals surface area contributed by atoms with E-state index in [0.29, 0.717) is 0 Å². The maximum Gasteiger partial charge on any atom is 0.351 e. The Morgan fingerprint density at radius 1 is 1.57 bits per heavy atom. The monoisotopic (exact) mass is 223 g/mol. The van der Waals surface area contributed by atoms with Crippen molar-refractivity contribution >= 4 is 19.5 Å². The molecule has 7 nitrogen and oxygen atoms in total. The average molecular weight is 223 g/mol. The van der Waals surface area contributed by atoms with E-state index in [1.807, 2.05) is 0 Å². The summed E-state index contributed by atoms with van der Waals surface area (Å²) in [5, 5.41) is 8.64. The van der Waals surface area contributed by atoms with Crippen molar-refractivity contribution in [2.24, 2.45) is 0 Å². The highest BCUT2D eigenvalue weighted by molar-refractivity contribution is 7.53. The lowest BCUT2D eigenvalue weighted by Gasteiger charge is -2.27. The van der Waals surface area contributed by atoms with Crippen molar-refractivity contribution in [1.82, 2.24) is 5.32 Å². The Labute approximate surface area is 79.3 Å². The lowest BCUT2D eigenvalue weighted by molar-refractivity contribution is -0.138. The maximum atomic E-state index is 11.1. The van der Waals surface area contributed by atoms with Crippen LogP contribution in [0.1, 0.15) is 19.3 Å². The van der Waals surface area contributed by atoms with Gasteiger partial charge in [-0.1, -0.05) is 0 Å². The molecule has 1 heterocycles. The van der Waals surface area contributed by atoms with Crippen LogP contribution in [0.4, 0.5) is 0 Å². The number of nitrogens with one attached hydrogen (secondary N) is 1. The highest BCUT2D eigenvalue weighted by atomic mass is 31.2. The highest BCUT2D eigenvalue weighted by Crippen LogP contribution is 2.55. The van der Waals surface area contributed by atoms with Crippen LogP contribution in [0, 0.1) is 0 Å². The van der Waals surface area contributed by atoms with Crippen molar-refractivity contribution in [1.29, 1.82) is 0 Å². The molecule has 1 rings (SSSR count). The summed E-state index contributed by atoms with van der Waals surface area (Å²) in [6.07, 6.45) is -0.968. The molecule has 0 aromatic heterocycles. The second kappa shape index (κ2) is 3.34. The van der Waals surface area contributed by atoms with Gasteiger partial charge in [0.15, 0.2) is 5.28 Å². The third-order valence-electron chi connectivity index (χ3n) is 2.14. The molecule has 80 valence electrons. The van der Waals surface area contributed by atoms with Crippen molar-refractivity contribution in [2.75, 3.05) is 0 Å². The molecule has 1 unspecified atom stereocenters. The second-order valence-corrected chi connectivity index (χ2v) is 5.14. The molecule has 1 aliphatic heterocycles. The summed E-state index contributed by atoms with van der Waals surface area (Å²) in [5.74, 6) is -1.88. The number of hydrogen-bond donors (Lipinski definition) is 4. The van der Waals surface area contributed by atoms with Crippen LogP contribution in [0.25, 0.3) is 0 Å². The number of hydrogen-bond acceptors (Lipinski definition) is 3. The first-order chi connectivity index (χ1) is 6.27. The molecular weight excluding hydrogens is 213 g/mol. The van der Waals surface area contributed by atoms with Crippen molar-refractivity contribution in [2.45, 2.75) is 24.5 Å². The Kier molecular flexibility index (Phi) is 2.67. The lowest BCUT2D eigenvalue weighted by Crippen LogP contribution is -2.43. The van der Waals surface area contributed by atoms with E-state index in [1.54, 1.807) is 0 Å². The molecule has 1 saturated heterocycles. The molecule has 4 N–H and O–H groups in total. The quantitative estimate of drug-likeness (QED) is 0.466. The Morgan fingerprint density at radius 2 is 2.14 bits per heavy atom. The van der Waals surface area contributed by atoms with Gasteiger partial charge in [-0.15, -0.1) is 0 Å². The van der Waals surface area contributed by atoms with Gasteiger partial charge >= 0.3 is 13.6 Å². The van der Waals surface area contributed by atoms with Crippen molar-refractivity contribution in [3.63, 3.8) is 0 Å². The predicted octanol–water partition coefficient (Wildman–Crippen LogP) is -0.755. The van der Waals surface area contributed by atoms with Gasteiger partial charge in [-0.2, -0.15) is 0 Å². The largest absolute Gasteiger partial charge is 0.481 e. The van der Waals surface area contributed by atoms with E-state index >= 15 is 0 Å². The van der Waals surface area contributed by atoms with Gasteiger partial charge in [-0.3, -0.25) is 14.2 Å². The second-order valence-electron chi connectivity index (χ2n) is 3.19. The molecule has 14 heavy (non-hydrogen) atoms. The van der Waals surface area contributed by atoms with Gasteiger partial charge in [0.2, 0.25) is 5.91 Å². The summed E-state index contributed by atoms with van der Waals surface area (Å²) < 4.78 is 11.1. The van der Waals surface area contributed by atoms with E-state index < -0.39 is 31.2 Å². The third-order valence-corrected chi connectivity index (χ3v) is 3.75. The normalized spacial score (nSPS) is 27.4. The van der Waals surface area contributed by atoms with Crippen LogP contribution in [0.5, 0.6) is 0 Å². The number of rotatable bonds is 3. The Hall–Kier alpha value is -0.910. The fourth-order valence-corrected chi connectivity index (χ4v) is 2.42. The SMILES string of the molecule is O=C(O)CC1(P(=O)(O)O)CCC(=O)N1. The summed E-state index contributed by atoms with van der Waals surface area (Å²) in [6, 6.07) is 0. The Bertz CT molecular complexity index is 322. The van der Waals surface area contributed by atoms with Crippen molar-refractivity contribution in [3.8, 4) is 0 Å². The molecule has 8 heteroatoms. The van der Waals surface area contributed by atoms with Gasteiger partial charge < -0.3 is 20.2 Å². The molecule has 0 aliphatic carbocycles. The lowest BCUT2D eigenvalue weighted by atomic mass is 10.1. The van der Waals surface area contributed by atoms with Gasteiger partial charge in [0.1, 0.15) is 0 Å². The van der Waals surface area contributed by atoms with Crippen LogP contribution in [0.15, 0.2) is 0 Å². The van der Waals surface area contributed by atoms with Crippen LogP contribution in [0.3, 0.4) is 0 Å². The standard InChI is InChI=1S/C6H10NO6P/c8-4-1-2-6(7-4,3-5(9)10)14(11,12)13/h1-3H2,(H,7,8)(H,9,10)(H2,11,12,13). The predicted molar refractivity (Wildman–Crippen MR) is 44.4 cm³/mol. The zero-order valence-corrected chi connectivity index (χ0v) is 8.03. The number of carboxylic acid groups (broad SMARTS) is 1. The first-order valence-electron chi connectivity index (χ1n) is 3.85. The molecule has 0 aromatic rings. The number of aliphatic carboxylic acids is 1. The number of carbonyl (C=O) groups excluding carboxylic acids is 1. The summed E-state index contributed by atoms with van der Waals surface area (Å²) in [7, 11) is -4.65. The van der Waals surface area contributed by atoms with E-state index in [2.05, 4.69) is 5.32 Å². The van der Waals surface area contributed by atoms with Crippen LogP contribution in [-0.4, -0.2) is 32.0 Å². The van der Waals surface area contributed by atoms with E-state index in [-0.39, 0.29) is 12.8 Å².